The minimum Gasteiger partial charge on any atom is -0.444 e. The molecule has 1 atom stereocenters. The number of terminal acetylenes is 1. The molecule has 2 aromatic heterocycles. The van der Waals surface area contributed by atoms with Gasteiger partial charge in [0.1, 0.15) is 12.1 Å². The minimum atomic E-state index is -4.76. The standard InChI is InChI=1S/C29H31ClF3N7O4/c1-6-10-40-16-20(23(37-40)29(31,32)33)22-14-34-24(38(22)5)26(42)36-18-7-8-19(21(30)12-18)25(41)35-13-17-9-11-39(15-17)27(43)44-28(2,3)4/h1,7-8,12,14,16-17H,9-11,13,15H2,2-5H3,(H,35,41)(H,36,42)/t17-/m0/s1. The van der Waals surface area contributed by atoms with Crippen LogP contribution in [0.4, 0.5) is 23.7 Å². The third kappa shape index (κ3) is 7.52. The topological polar surface area (TPSA) is 123 Å². The van der Waals surface area contributed by atoms with Gasteiger partial charge in [-0.25, -0.2) is 9.78 Å². The summed E-state index contributed by atoms with van der Waals surface area (Å²) in [5.41, 5.74) is -1.61. The van der Waals surface area contributed by atoms with Crippen LogP contribution in [0, 0.1) is 18.3 Å². The van der Waals surface area contributed by atoms with Crippen LogP contribution in [0.15, 0.2) is 30.6 Å². The lowest BCUT2D eigenvalue weighted by Crippen LogP contribution is -2.36. The highest BCUT2D eigenvalue weighted by Gasteiger charge is 2.38. The van der Waals surface area contributed by atoms with Gasteiger partial charge < -0.3 is 24.8 Å². The molecule has 1 fully saturated rings. The molecule has 3 aromatic rings. The zero-order chi connectivity index (χ0) is 32.4. The van der Waals surface area contributed by atoms with Crippen molar-refractivity contribution in [3.8, 4) is 23.6 Å². The summed E-state index contributed by atoms with van der Waals surface area (Å²) in [5.74, 6) is 0.963. The fraction of sp³-hybridized carbons (Fsp3) is 0.414. The second-order valence-electron chi connectivity index (χ2n) is 11.3. The van der Waals surface area contributed by atoms with Gasteiger partial charge >= 0.3 is 12.3 Å². The molecule has 2 N–H and O–H groups in total. The number of benzene rings is 1. The van der Waals surface area contributed by atoms with Crippen LogP contribution in [-0.4, -0.2) is 67.4 Å². The number of amides is 3. The van der Waals surface area contributed by atoms with Crippen LogP contribution >= 0.6 is 11.6 Å². The van der Waals surface area contributed by atoms with E-state index in [4.69, 9.17) is 22.8 Å². The number of alkyl halides is 3. The van der Waals surface area contributed by atoms with Gasteiger partial charge in [0.2, 0.25) is 0 Å². The molecule has 0 unspecified atom stereocenters. The Labute approximate surface area is 256 Å². The van der Waals surface area contributed by atoms with Crippen LogP contribution in [0.2, 0.25) is 5.02 Å². The van der Waals surface area contributed by atoms with Crippen molar-refractivity contribution in [2.24, 2.45) is 13.0 Å². The summed E-state index contributed by atoms with van der Waals surface area (Å²) < 4.78 is 48.5. The number of imidazole rings is 1. The molecule has 1 aromatic carbocycles. The van der Waals surface area contributed by atoms with E-state index in [1.165, 1.54) is 29.8 Å². The van der Waals surface area contributed by atoms with Crippen molar-refractivity contribution in [3.05, 3.63) is 52.7 Å². The molecule has 11 nitrogen and oxygen atoms in total. The summed E-state index contributed by atoms with van der Waals surface area (Å²) in [7, 11) is 1.40. The Kier molecular flexibility index (Phi) is 9.29. The molecule has 1 saturated heterocycles. The molecule has 15 heteroatoms. The number of hydrogen-bond donors (Lipinski definition) is 2. The van der Waals surface area contributed by atoms with E-state index < -0.39 is 35.4 Å². The zero-order valence-corrected chi connectivity index (χ0v) is 25.2. The highest BCUT2D eigenvalue weighted by atomic mass is 35.5. The van der Waals surface area contributed by atoms with Crippen molar-refractivity contribution >= 4 is 35.2 Å². The number of nitrogens with one attached hydrogen (secondary N) is 2. The molecule has 0 radical (unpaired) electrons. The van der Waals surface area contributed by atoms with E-state index in [0.29, 0.717) is 26.1 Å². The zero-order valence-electron chi connectivity index (χ0n) is 24.5. The molecular weight excluding hydrogens is 603 g/mol. The Bertz CT molecular complexity index is 1620. The number of halogens is 4. The SMILES string of the molecule is C#CCn1cc(-c2cnc(C(=O)Nc3ccc(C(=O)NC[C@@H]4CCN(C(=O)OC(C)(C)C)C4)c(Cl)c3)n2C)c(C(F)(F)F)n1. The second-order valence-corrected chi connectivity index (χ2v) is 11.7. The molecule has 0 aliphatic carbocycles. The fourth-order valence-electron chi connectivity index (χ4n) is 4.65. The monoisotopic (exact) mass is 633 g/mol. The van der Waals surface area contributed by atoms with Gasteiger partial charge in [-0.05, 0) is 51.3 Å². The Balaban J connectivity index is 1.39. The lowest BCUT2D eigenvalue weighted by atomic mass is 10.1. The molecule has 1 aliphatic heterocycles. The van der Waals surface area contributed by atoms with Crippen LogP contribution in [-0.2, 0) is 24.5 Å². The summed E-state index contributed by atoms with van der Waals surface area (Å²) in [5, 5.41) is 9.02. The van der Waals surface area contributed by atoms with Crippen molar-refractivity contribution in [1.29, 1.82) is 0 Å². The molecule has 44 heavy (non-hydrogen) atoms. The maximum atomic E-state index is 13.6. The maximum absolute atomic E-state index is 13.6. The van der Waals surface area contributed by atoms with E-state index in [1.54, 1.807) is 25.7 Å². The summed E-state index contributed by atoms with van der Waals surface area (Å²) in [6.07, 6.45) is 3.05. The van der Waals surface area contributed by atoms with E-state index in [0.717, 1.165) is 17.1 Å². The van der Waals surface area contributed by atoms with Crippen molar-refractivity contribution in [2.45, 2.75) is 45.5 Å². The molecule has 3 heterocycles. The van der Waals surface area contributed by atoms with Gasteiger partial charge in [-0.15, -0.1) is 6.42 Å². The normalized spacial score (nSPS) is 15.2. The van der Waals surface area contributed by atoms with E-state index in [9.17, 15) is 27.6 Å². The molecule has 0 saturated carbocycles. The lowest BCUT2D eigenvalue weighted by molar-refractivity contribution is -0.141. The number of likely N-dealkylation sites (tertiary alicyclic amines) is 1. The highest BCUT2D eigenvalue weighted by molar-refractivity contribution is 6.34. The van der Waals surface area contributed by atoms with Crippen molar-refractivity contribution in [3.63, 3.8) is 0 Å². The molecular formula is C29H31ClF3N7O4. The molecule has 234 valence electrons. The number of carbonyl (C=O) groups excluding carboxylic acids is 3. The average molecular weight is 634 g/mol. The minimum absolute atomic E-state index is 0.00674. The van der Waals surface area contributed by atoms with Gasteiger partial charge in [0, 0.05) is 38.6 Å². The highest BCUT2D eigenvalue weighted by Crippen LogP contribution is 2.36. The third-order valence-electron chi connectivity index (χ3n) is 6.71. The Morgan fingerprint density at radius 1 is 1.20 bits per heavy atom. The van der Waals surface area contributed by atoms with Crippen LogP contribution in [0.3, 0.4) is 0 Å². The number of ether oxygens (including phenoxy) is 1. The quantitative estimate of drug-likeness (QED) is 0.360. The van der Waals surface area contributed by atoms with Crippen LogP contribution in [0.25, 0.3) is 11.3 Å². The van der Waals surface area contributed by atoms with E-state index in [2.05, 4.69) is 26.6 Å². The number of aromatic nitrogens is 4. The lowest BCUT2D eigenvalue weighted by Gasteiger charge is -2.24. The number of nitrogens with zero attached hydrogens (tertiary/aromatic N) is 5. The summed E-state index contributed by atoms with van der Waals surface area (Å²) in [6.45, 7) is 6.52. The first-order chi connectivity index (χ1) is 20.6. The fourth-order valence-corrected chi connectivity index (χ4v) is 4.92. The van der Waals surface area contributed by atoms with Gasteiger partial charge in [0.15, 0.2) is 11.5 Å². The van der Waals surface area contributed by atoms with Gasteiger partial charge in [0.25, 0.3) is 11.8 Å². The van der Waals surface area contributed by atoms with Crippen molar-refractivity contribution in [2.75, 3.05) is 25.0 Å². The Hall–Kier alpha value is -4.51. The predicted molar refractivity (Wildman–Crippen MR) is 156 cm³/mol. The third-order valence-corrected chi connectivity index (χ3v) is 7.02. The molecule has 1 aliphatic rings. The summed E-state index contributed by atoms with van der Waals surface area (Å²) in [6, 6.07) is 4.28. The van der Waals surface area contributed by atoms with Gasteiger partial charge in [-0.3, -0.25) is 14.3 Å². The smallest absolute Gasteiger partial charge is 0.435 e. The van der Waals surface area contributed by atoms with E-state index in [-0.39, 0.29) is 45.8 Å². The molecule has 0 spiro atoms. The molecule has 0 bridgehead atoms. The number of rotatable bonds is 7. The first kappa shape index (κ1) is 32.4. The summed E-state index contributed by atoms with van der Waals surface area (Å²) >= 11 is 6.35. The first-order valence-electron chi connectivity index (χ1n) is 13.5. The average Bonchev–Trinajstić information content (AvgIpc) is 3.65. The predicted octanol–water partition coefficient (Wildman–Crippen LogP) is 4.83. The van der Waals surface area contributed by atoms with E-state index >= 15 is 0 Å². The number of hydrogen-bond acceptors (Lipinski definition) is 6. The van der Waals surface area contributed by atoms with Crippen molar-refractivity contribution in [1.82, 2.24) is 29.5 Å². The largest absolute Gasteiger partial charge is 0.444 e. The van der Waals surface area contributed by atoms with Gasteiger partial charge in [-0.2, -0.15) is 18.3 Å². The number of carbonyl (C=O) groups is 3. The van der Waals surface area contributed by atoms with Gasteiger partial charge in [-0.1, -0.05) is 17.5 Å². The Morgan fingerprint density at radius 3 is 2.57 bits per heavy atom. The first-order valence-corrected chi connectivity index (χ1v) is 13.9. The van der Waals surface area contributed by atoms with E-state index in [1.807, 2.05) is 0 Å². The summed E-state index contributed by atoms with van der Waals surface area (Å²) in [4.78, 5) is 43.7. The number of anilines is 1. The maximum Gasteiger partial charge on any atom is 0.435 e. The van der Waals surface area contributed by atoms with Crippen LogP contribution in [0.5, 0.6) is 0 Å². The second kappa shape index (κ2) is 12.6. The van der Waals surface area contributed by atoms with Crippen molar-refractivity contribution < 1.29 is 32.3 Å². The van der Waals surface area contributed by atoms with Gasteiger partial charge in [0.05, 0.1) is 28.0 Å². The van der Waals surface area contributed by atoms with Crippen LogP contribution in [0.1, 0.15) is 53.9 Å². The van der Waals surface area contributed by atoms with Crippen LogP contribution < -0.4 is 10.6 Å². The Morgan fingerprint density at radius 2 is 1.93 bits per heavy atom. The molecule has 3 amide bonds. The molecule has 4 rings (SSSR count).